The average Bonchev–Trinajstić information content (AvgIpc) is 2.00. The third-order valence-corrected chi connectivity index (χ3v) is 4.65. The molecule has 2 heteroatoms. The summed E-state index contributed by atoms with van der Waals surface area (Å²) in [6.45, 7) is 0. The maximum absolute atomic E-state index is 5.95. The first-order valence-electron chi connectivity index (χ1n) is 5.71. The summed E-state index contributed by atoms with van der Waals surface area (Å²) < 4.78 is 0. The molecule has 0 aliphatic heterocycles. The van der Waals surface area contributed by atoms with E-state index in [9.17, 15) is 0 Å². The number of hydrogen-bond acceptors (Lipinski definition) is 2. The van der Waals surface area contributed by atoms with Gasteiger partial charge in [-0.25, -0.2) is 5.01 Å². The van der Waals surface area contributed by atoms with Crippen molar-refractivity contribution in [1.29, 1.82) is 0 Å². The van der Waals surface area contributed by atoms with E-state index in [1.807, 2.05) is 5.01 Å². The molecule has 0 aromatic rings. The molecule has 0 amide bonds. The van der Waals surface area contributed by atoms with Crippen molar-refractivity contribution in [1.82, 2.24) is 5.01 Å². The third-order valence-electron chi connectivity index (χ3n) is 4.65. The van der Waals surface area contributed by atoms with Crippen molar-refractivity contribution in [2.24, 2.45) is 29.5 Å². The lowest BCUT2D eigenvalue weighted by atomic mass is 9.54. The highest BCUT2D eigenvalue weighted by atomic mass is 15.4. The molecule has 13 heavy (non-hydrogen) atoms. The van der Waals surface area contributed by atoms with Crippen molar-refractivity contribution in [3.8, 4) is 0 Å². The van der Waals surface area contributed by atoms with Crippen LogP contribution in [0, 0.1) is 23.7 Å². The van der Waals surface area contributed by atoms with E-state index in [1.54, 1.807) is 0 Å². The van der Waals surface area contributed by atoms with Gasteiger partial charge in [0, 0.05) is 13.1 Å². The van der Waals surface area contributed by atoms with Gasteiger partial charge in [-0.2, -0.15) is 0 Å². The minimum Gasteiger partial charge on any atom is -0.269 e. The minimum absolute atomic E-state index is 0.716. The molecule has 2 nitrogen and oxygen atoms in total. The summed E-state index contributed by atoms with van der Waals surface area (Å²) in [5.41, 5.74) is 0. The monoisotopic (exact) mass is 180 g/mol. The Labute approximate surface area is 80.4 Å². The molecule has 0 radical (unpaired) electrons. The smallest absolute Gasteiger partial charge is 0.0294 e. The fourth-order valence-corrected chi connectivity index (χ4v) is 4.56. The van der Waals surface area contributed by atoms with Crippen LogP contribution in [0.25, 0.3) is 0 Å². The van der Waals surface area contributed by atoms with Crippen molar-refractivity contribution in [3.63, 3.8) is 0 Å². The molecule has 0 aromatic carbocycles. The maximum Gasteiger partial charge on any atom is 0.0294 e. The normalized spacial score (nSPS) is 53.3. The molecule has 74 valence electrons. The van der Waals surface area contributed by atoms with E-state index in [-0.39, 0.29) is 0 Å². The molecule has 0 heterocycles. The molecule has 0 saturated heterocycles. The quantitative estimate of drug-likeness (QED) is 0.491. The Balaban J connectivity index is 1.85. The molecule has 4 bridgehead atoms. The van der Waals surface area contributed by atoms with Crippen LogP contribution < -0.4 is 5.84 Å². The van der Waals surface area contributed by atoms with Gasteiger partial charge in [0.25, 0.3) is 0 Å². The lowest BCUT2D eigenvalue weighted by Crippen LogP contribution is -2.56. The molecular formula is C11H20N2. The second-order valence-corrected chi connectivity index (χ2v) is 5.59. The summed E-state index contributed by atoms with van der Waals surface area (Å²) in [7, 11) is 2.06. The highest BCUT2D eigenvalue weighted by Crippen LogP contribution is 2.54. The standard InChI is InChI=1S/C11H20N2/c1-13(12)11-9-3-7-2-8(5-9)6-10(11)4-7/h7-11H,2-6,12H2,1H3. The number of nitrogens with zero attached hydrogens (tertiary/aromatic N) is 1. The van der Waals surface area contributed by atoms with Gasteiger partial charge in [0.15, 0.2) is 0 Å². The van der Waals surface area contributed by atoms with E-state index < -0.39 is 0 Å². The van der Waals surface area contributed by atoms with E-state index in [1.165, 1.54) is 32.1 Å². The number of hydrogen-bond donors (Lipinski definition) is 1. The zero-order valence-corrected chi connectivity index (χ0v) is 8.45. The largest absolute Gasteiger partial charge is 0.269 e. The van der Waals surface area contributed by atoms with Crippen molar-refractivity contribution < 1.29 is 0 Å². The van der Waals surface area contributed by atoms with Crippen LogP contribution in [0.2, 0.25) is 0 Å². The zero-order valence-electron chi connectivity index (χ0n) is 8.45. The van der Waals surface area contributed by atoms with Crippen molar-refractivity contribution >= 4 is 0 Å². The van der Waals surface area contributed by atoms with Crippen LogP contribution in [0.5, 0.6) is 0 Å². The molecule has 2 N–H and O–H groups in total. The number of hydrazine groups is 1. The Bertz CT molecular complexity index is 184. The highest BCUT2D eigenvalue weighted by Gasteiger charge is 2.48. The molecule has 0 unspecified atom stereocenters. The second kappa shape index (κ2) is 2.71. The fourth-order valence-electron chi connectivity index (χ4n) is 4.56. The Hall–Kier alpha value is -0.0800. The van der Waals surface area contributed by atoms with Gasteiger partial charge < -0.3 is 0 Å². The predicted octanol–water partition coefficient (Wildman–Crippen LogP) is 1.62. The molecule has 4 fully saturated rings. The van der Waals surface area contributed by atoms with Gasteiger partial charge >= 0.3 is 0 Å². The van der Waals surface area contributed by atoms with Crippen LogP contribution in [0.3, 0.4) is 0 Å². The van der Waals surface area contributed by atoms with Gasteiger partial charge in [0.2, 0.25) is 0 Å². The van der Waals surface area contributed by atoms with Crippen LogP contribution in [-0.4, -0.2) is 18.1 Å². The Kier molecular flexibility index (Phi) is 1.72. The van der Waals surface area contributed by atoms with Crippen molar-refractivity contribution in [2.45, 2.75) is 38.1 Å². The average molecular weight is 180 g/mol. The molecule has 0 aromatic heterocycles. The van der Waals surface area contributed by atoms with Gasteiger partial charge in [-0.05, 0) is 55.8 Å². The van der Waals surface area contributed by atoms with E-state index in [2.05, 4.69) is 7.05 Å². The molecule has 4 saturated carbocycles. The number of rotatable bonds is 1. The van der Waals surface area contributed by atoms with E-state index >= 15 is 0 Å². The zero-order chi connectivity index (χ0) is 9.00. The van der Waals surface area contributed by atoms with Crippen LogP contribution in [0.1, 0.15) is 32.1 Å². The third kappa shape index (κ3) is 1.15. The second-order valence-electron chi connectivity index (χ2n) is 5.59. The Morgan fingerprint density at radius 2 is 1.38 bits per heavy atom. The molecule has 0 spiro atoms. The van der Waals surface area contributed by atoms with Crippen LogP contribution in [-0.2, 0) is 0 Å². The van der Waals surface area contributed by atoms with Gasteiger partial charge in [-0.1, -0.05) is 0 Å². The molecule has 4 aliphatic carbocycles. The first-order valence-corrected chi connectivity index (χ1v) is 5.71. The SMILES string of the molecule is CN(N)C1C2CC3CC(C2)CC1C3. The van der Waals surface area contributed by atoms with Crippen molar-refractivity contribution in [2.75, 3.05) is 7.05 Å². The first kappa shape index (κ1) is 8.25. The predicted molar refractivity (Wildman–Crippen MR) is 52.8 cm³/mol. The van der Waals surface area contributed by atoms with E-state index in [0.29, 0.717) is 6.04 Å². The summed E-state index contributed by atoms with van der Waals surface area (Å²) >= 11 is 0. The van der Waals surface area contributed by atoms with Crippen LogP contribution in [0.4, 0.5) is 0 Å². The van der Waals surface area contributed by atoms with Gasteiger partial charge in [-0.15, -0.1) is 0 Å². The maximum atomic E-state index is 5.95. The summed E-state index contributed by atoms with van der Waals surface area (Å²) in [5.74, 6) is 9.96. The van der Waals surface area contributed by atoms with Gasteiger partial charge in [0.1, 0.15) is 0 Å². The topological polar surface area (TPSA) is 29.3 Å². The fraction of sp³-hybridized carbons (Fsp3) is 1.00. The molecule has 4 rings (SSSR count). The lowest BCUT2D eigenvalue weighted by molar-refractivity contribution is -0.0578. The molecular weight excluding hydrogens is 160 g/mol. The Morgan fingerprint density at radius 3 is 1.77 bits per heavy atom. The summed E-state index contributed by atoms with van der Waals surface area (Å²) in [6.07, 6.45) is 7.42. The van der Waals surface area contributed by atoms with Gasteiger partial charge in [0.05, 0.1) is 0 Å². The van der Waals surface area contributed by atoms with Crippen LogP contribution >= 0.6 is 0 Å². The van der Waals surface area contributed by atoms with Gasteiger partial charge in [-0.3, -0.25) is 5.84 Å². The van der Waals surface area contributed by atoms with E-state index in [0.717, 1.165) is 23.7 Å². The number of nitrogens with two attached hydrogens (primary N) is 1. The summed E-state index contributed by atoms with van der Waals surface area (Å²) in [4.78, 5) is 0. The highest BCUT2D eigenvalue weighted by molar-refractivity contribution is 5.00. The minimum atomic E-state index is 0.716. The lowest BCUT2D eigenvalue weighted by Gasteiger charge is -2.55. The van der Waals surface area contributed by atoms with E-state index in [4.69, 9.17) is 5.84 Å². The molecule has 4 aliphatic rings. The van der Waals surface area contributed by atoms with Crippen molar-refractivity contribution in [3.05, 3.63) is 0 Å². The summed E-state index contributed by atoms with van der Waals surface area (Å²) in [6, 6.07) is 0.716. The first-order chi connectivity index (χ1) is 6.24. The Morgan fingerprint density at radius 1 is 0.923 bits per heavy atom. The molecule has 0 atom stereocenters. The van der Waals surface area contributed by atoms with Crippen LogP contribution in [0.15, 0.2) is 0 Å². The summed E-state index contributed by atoms with van der Waals surface area (Å²) in [5, 5.41) is 2.01.